The zero-order valence-corrected chi connectivity index (χ0v) is 9.97. The van der Waals surface area contributed by atoms with Gasteiger partial charge in [0.25, 0.3) is 0 Å². The SMILES string of the molecule is CC(=O)N1Cc2ccc(C)n2-c2ccccc21. The van der Waals surface area contributed by atoms with Crippen molar-refractivity contribution < 1.29 is 4.79 Å². The van der Waals surface area contributed by atoms with Crippen molar-refractivity contribution in [2.45, 2.75) is 20.4 Å². The van der Waals surface area contributed by atoms with Crippen LogP contribution in [0.3, 0.4) is 0 Å². The second-order valence-corrected chi connectivity index (χ2v) is 4.40. The van der Waals surface area contributed by atoms with Gasteiger partial charge in [-0.1, -0.05) is 12.1 Å². The molecule has 1 aliphatic heterocycles. The van der Waals surface area contributed by atoms with Crippen molar-refractivity contribution in [3.8, 4) is 5.69 Å². The Hall–Kier alpha value is -2.03. The summed E-state index contributed by atoms with van der Waals surface area (Å²) in [5.74, 6) is 0.0857. The highest BCUT2D eigenvalue weighted by molar-refractivity contribution is 5.94. The molecule has 0 aliphatic carbocycles. The molecule has 0 N–H and O–H groups in total. The molecule has 86 valence electrons. The van der Waals surface area contributed by atoms with Crippen LogP contribution in [0.25, 0.3) is 5.69 Å². The normalized spacial score (nSPS) is 13.2. The quantitative estimate of drug-likeness (QED) is 0.678. The molecule has 1 aromatic heterocycles. The molecule has 1 aliphatic rings. The summed E-state index contributed by atoms with van der Waals surface area (Å²) in [6, 6.07) is 12.2. The first-order valence-corrected chi connectivity index (χ1v) is 5.73. The maximum absolute atomic E-state index is 11.7. The zero-order chi connectivity index (χ0) is 12.0. The highest BCUT2D eigenvalue weighted by Crippen LogP contribution is 2.33. The minimum Gasteiger partial charge on any atom is -0.314 e. The molecule has 3 nitrogen and oxygen atoms in total. The highest BCUT2D eigenvalue weighted by Gasteiger charge is 2.24. The van der Waals surface area contributed by atoms with Crippen molar-refractivity contribution in [2.24, 2.45) is 0 Å². The predicted molar refractivity (Wildman–Crippen MR) is 67.4 cm³/mol. The highest BCUT2D eigenvalue weighted by atomic mass is 16.2. The van der Waals surface area contributed by atoms with Gasteiger partial charge in [0.15, 0.2) is 0 Å². The summed E-state index contributed by atoms with van der Waals surface area (Å²) in [5, 5.41) is 0. The summed E-state index contributed by atoms with van der Waals surface area (Å²) in [7, 11) is 0. The number of fused-ring (bicyclic) bond motifs is 3. The number of amides is 1. The van der Waals surface area contributed by atoms with Crippen LogP contribution in [0, 0.1) is 6.92 Å². The smallest absolute Gasteiger partial charge is 0.224 e. The number of para-hydroxylation sites is 2. The minimum atomic E-state index is 0.0857. The number of carbonyl (C=O) groups is 1. The van der Waals surface area contributed by atoms with E-state index in [-0.39, 0.29) is 5.91 Å². The van der Waals surface area contributed by atoms with Gasteiger partial charge >= 0.3 is 0 Å². The van der Waals surface area contributed by atoms with E-state index in [2.05, 4.69) is 29.7 Å². The fourth-order valence-corrected chi connectivity index (χ4v) is 2.47. The van der Waals surface area contributed by atoms with Gasteiger partial charge in [0.1, 0.15) is 0 Å². The Kier molecular flexibility index (Phi) is 2.08. The van der Waals surface area contributed by atoms with Gasteiger partial charge in [-0.25, -0.2) is 0 Å². The monoisotopic (exact) mass is 226 g/mol. The van der Waals surface area contributed by atoms with E-state index in [1.165, 1.54) is 5.69 Å². The minimum absolute atomic E-state index is 0.0857. The third-order valence-corrected chi connectivity index (χ3v) is 3.27. The molecule has 3 rings (SSSR count). The molecular weight excluding hydrogens is 212 g/mol. The molecule has 2 heterocycles. The Morgan fingerprint density at radius 3 is 2.53 bits per heavy atom. The first kappa shape index (κ1) is 10.1. The topological polar surface area (TPSA) is 25.2 Å². The molecule has 0 saturated carbocycles. The van der Waals surface area contributed by atoms with E-state index in [0.29, 0.717) is 6.54 Å². The molecule has 0 bridgehead atoms. The van der Waals surface area contributed by atoms with Crippen molar-refractivity contribution >= 4 is 11.6 Å². The molecule has 0 fully saturated rings. The van der Waals surface area contributed by atoms with E-state index in [1.807, 2.05) is 23.1 Å². The number of hydrogen-bond donors (Lipinski definition) is 0. The number of aryl methyl sites for hydroxylation is 1. The third-order valence-electron chi connectivity index (χ3n) is 3.27. The van der Waals surface area contributed by atoms with Crippen LogP contribution < -0.4 is 4.90 Å². The fourth-order valence-electron chi connectivity index (χ4n) is 2.47. The summed E-state index contributed by atoms with van der Waals surface area (Å²) in [6.45, 7) is 4.35. The number of nitrogens with zero attached hydrogens (tertiary/aromatic N) is 2. The second-order valence-electron chi connectivity index (χ2n) is 4.40. The van der Waals surface area contributed by atoms with E-state index < -0.39 is 0 Å². The molecule has 1 aromatic carbocycles. The standard InChI is InChI=1S/C14H14N2O/c1-10-7-8-12-9-15(11(2)17)13-5-3-4-6-14(13)16(10)12/h3-8H,9H2,1-2H3. The zero-order valence-electron chi connectivity index (χ0n) is 9.97. The van der Waals surface area contributed by atoms with E-state index in [4.69, 9.17) is 0 Å². The Bertz CT molecular complexity index is 598. The van der Waals surface area contributed by atoms with Crippen molar-refractivity contribution in [1.29, 1.82) is 0 Å². The van der Waals surface area contributed by atoms with Crippen molar-refractivity contribution in [1.82, 2.24) is 4.57 Å². The first-order chi connectivity index (χ1) is 8.18. The number of hydrogen-bond acceptors (Lipinski definition) is 1. The largest absolute Gasteiger partial charge is 0.314 e. The van der Waals surface area contributed by atoms with Gasteiger partial charge in [0, 0.05) is 18.3 Å². The molecule has 0 radical (unpaired) electrons. The van der Waals surface area contributed by atoms with Crippen LogP contribution in [0.4, 0.5) is 5.69 Å². The van der Waals surface area contributed by atoms with Crippen LogP contribution in [0.2, 0.25) is 0 Å². The fraction of sp³-hybridized carbons (Fsp3) is 0.214. The average Bonchev–Trinajstić information content (AvgIpc) is 2.70. The van der Waals surface area contributed by atoms with E-state index in [1.54, 1.807) is 6.92 Å². The molecular formula is C14H14N2O. The predicted octanol–water partition coefficient (Wildman–Crippen LogP) is 2.65. The molecule has 0 saturated heterocycles. The lowest BCUT2D eigenvalue weighted by Gasteiger charge is -2.30. The van der Waals surface area contributed by atoms with Crippen molar-refractivity contribution in [2.75, 3.05) is 4.90 Å². The molecule has 17 heavy (non-hydrogen) atoms. The van der Waals surface area contributed by atoms with Crippen LogP contribution in [0.15, 0.2) is 36.4 Å². The lowest BCUT2D eigenvalue weighted by atomic mass is 10.1. The Labute approximate surface area is 100 Å². The number of anilines is 1. The molecule has 2 aromatic rings. The first-order valence-electron chi connectivity index (χ1n) is 5.73. The van der Waals surface area contributed by atoms with Crippen LogP contribution in [0.1, 0.15) is 18.3 Å². The van der Waals surface area contributed by atoms with Gasteiger partial charge < -0.3 is 9.47 Å². The van der Waals surface area contributed by atoms with Gasteiger partial charge in [-0.05, 0) is 31.2 Å². The number of aromatic nitrogens is 1. The Morgan fingerprint density at radius 2 is 1.82 bits per heavy atom. The van der Waals surface area contributed by atoms with E-state index in [9.17, 15) is 4.79 Å². The van der Waals surface area contributed by atoms with Crippen molar-refractivity contribution in [3.05, 3.63) is 47.8 Å². The second kappa shape index (κ2) is 3.48. The molecule has 0 atom stereocenters. The number of rotatable bonds is 0. The summed E-state index contributed by atoms with van der Waals surface area (Å²) < 4.78 is 2.22. The average molecular weight is 226 g/mol. The maximum atomic E-state index is 11.7. The Balaban J connectivity index is 2.28. The van der Waals surface area contributed by atoms with Gasteiger partial charge in [0.05, 0.1) is 17.9 Å². The van der Waals surface area contributed by atoms with Gasteiger partial charge in [0.2, 0.25) is 5.91 Å². The third kappa shape index (κ3) is 1.39. The van der Waals surface area contributed by atoms with E-state index in [0.717, 1.165) is 17.1 Å². The summed E-state index contributed by atoms with van der Waals surface area (Å²) in [6.07, 6.45) is 0. The van der Waals surface area contributed by atoms with Gasteiger partial charge in [-0.2, -0.15) is 0 Å². The van der Waals surface area contributed by atoms with Crippen LogP contribution in [-0.4, -0.2) is 10.5 Å². The number of carbonyl (C=O) groups excluding carboxylic acids is 1. The van der Waals surface area contributed by atoms with Crippen LogP contribution >= 0.6 is 0 Å². The summed E-state index contributed by atoms with van der Waals surface area (Å²) in [4.78, 5) is 13.5. The summed E-state index contributed by atoms with van der Waals surface area (Å²) >= 11 is 0. The summed E-state index contributed by atoms with van der Waals surface area (Å²) in [5.41, 5.74) is 4.45. The van der Waals surface area contributed by atoms with Gasteiger partial charge in [-0.3, -0.25) is 4.79 Å². The molecule has 3 heteroatoms. The maximum Gasteiger partial charge on any atom is 0.224 e. The van der Waals surface area contributed by atoms with E-state index >= 15 is 0 Å². The lowest BCUT2D eigenvalue weighted by Crippen LogP contribution is -2.33. The van der Waals surface area contributed by atoms with Gasteiger partial charge in [-0.15, -0.1) is 0 Å². The van der Waals surface area contributed by atoms with Crippen molar-refractivity contribution in [3.63, 3.8) is 0 Å². The molecule has 1 amide bonds. The Morgan fingerprint density at radius 1 is 1.12 bits per heavy atom. The lowest BCUT2D eigenvalue weighted by molar-refractivity contribution is -0.116. The molecule has 0 unspecified atom stereocenters. The van der Waals surface area contributed by atoms with Crippen LogP contribution in [0.5, 0.6) is 0 Å². The number of benzene rings is 1. The molecule has 0 spiro atoms. The van der Waals surface area contributed by atoms with Crippen LogP contribution in [-0.2, 0) is 11.3 Å².